The van der Waals surface area contributed by atoms with Gasteiger partial charge < -0.3 is 10.3 Å². The van der Waals surface area contributed by atoms with Crippen molar-refractivity contribution in [2.24, 2.45) is 0 Å². The molecule has 0 aliphatic heterocycles. The van der Waals surface area contributed by atoms with Crippen molar-refractivity contribution in [1.29, 1.82) is 0 Å². The van der Waals surface area contributed by atoms with Crippen LogP contribution in [0.2, 0.25) is 0 Å². The fraction of sp³-hybridized carbons (Fsp3) is 0.455. The third-order valence-corrected chi connectivity index (χ3v) is 2.96. The topological polar surface area (TPSA) is 62.0 Å². The van der Waals surface area contributed by atoms with Crippen LogP contribution in [0.4, 0.5) is 13.2 Å². The largest absolute Gasteiger partial charge is 0.432 e. The number of pyridine rings is 1. The number of unbranched alkanes of at least 4 members (excludes halogenated alkanes) is 1. The summed E-state index contributed by atoms with van der Waals surface area (Å²) in [7, 11) is 0. The van der Waals surface area contributed by atoms with E-state index in [9.17, 15) is 22.8 Å². The summed E-state index contributed by atoms with van der Waals surface area (Å²) in [6, 6.07) is 0.878. The minimum Gasteiger partial charge on any atom is -0.352 e. The minimum absolute atomic E-state index is 0.351. The molecule has 1 aromatic rings. The number of aromatic amines is 1. The third kappa shape index (κ3) is 4.09. The van der Waals surface area contributed by atoms with Gasteiger partial charge in [0.2, 0.25) is 0 Å². The SMILES string of the molecule is CCCCNC(=O)c1cc(Br)c(C(F)(F)F)[nH]c1=O. The quantitative estimate of drug-likeness (QED) is 0.828. The van der Waals surface area contributed by atoms with Crippen molar-refractivity contribution < 1.29 is 18.0 Å². The molecule has 0 unspecified atom stereocenters. The van der Waals surface area contributed by atoms with E-state index in [1.807, 2.05) is 6.92 Å². The Kier molecular flexibility index (Phi) is 5.16. The van der Waals surface area contributed by atoms with Gasteiger partial charge in [0.05, 0.1) is 0 Å². The van der Waals surface area contributed by atoms with Gasteiger partial charge in [0.25, 0.3) is 11.5 Å². The van der Waals surface area contributed by atoms with Crippen molar-refractivity contribution in [3.8, 4) is 0 Å². The number of carbonyl (C=O) groups is 1. The number of hydrogen-bond acceptors (Lipinski definition) is 2. The van der Waals surface area contributed by atoms with Gasteiger partial charge in [-0.2, -0.15) is 13.2 Å². The van der Waals surface area contributed by atoms with Gasteiger partial charge in [-0.05, 0) is 28.4 Å². The molecule has 0 atom stereocenters. The first-order chi connectivity index (χ1) is 8.77. The molecule has 0 bridgehead atoms. The second-order valence-corrected chi connectivity index (χ2v) is 4.70. The highest BCUT2D eigenvalue weighted by Crippen LogP contribution is 2.32. The fourth-order valence-corrected chi connectivity index (χ4v) is 1.91. The third-order valence-electron chi connectivity index (χ3n) is 2.34. The predicted octanol–water partition coefficient (Wildman–Crippen LogP) is 2.69. The maximum Gasteiger partial charge on any atom is 0.432 e. The van der Waals surface area contributed by atoms with E-state index < -0.39 is 23.3 Å². The lowest BCUT2D eigenvalue weighted by Crippen LogP contribution is -2.31. The van der Waals surface area contributed by atoms with E-state index in [1.165, 1.54) is 0 Å². The first-order valence-corrected chi connectivity index (χ1v) is 6.35. The molecule has 1 amide bonds. The van der Waals surface area contributed by atoms with Crippen LogP contribution in [0, 0.1) is 0 Å². The molecule has 4 nitrogen and oxygen atoms in total. The van der Waals surface area contributed by atoms with E-state index in [0.29, 0.717) is 6.54 Å². The van der Waals surface area contributed by atoms with E-state index in [2.05, 4.69) is 21.2 Å². The van der Waals surface area contributed by atoms with Crippen molar-refractivity contribution in [2.45, 2.75) is 25.9 Å². The molecule has 2 N–H and O–H groups in total. The van der Waals surface area contributed by atoms with Gasteiger partial charge in [0.15, 0.2) is 0 Å². The van der Waals surface area contributed by atoms with E-state index in [-0.39, 0.29) is 10.0 Å². The average molecular weight is 341 g/mol. The van der Waals surface area contributed by atoms with Crippen LogP contribution < -0.4 is 10.9 Å². The Morgan fingerprint density at radius 3 is 2.63 bits per heavy atom. The molecule has 106 valence electrons. The van der Waals surface area contributed by atoms with E-state index in [0.717, 1.165) is 18.9 Å². The summed E-state index contributed by atoms with van der Waals surface area (Å²) in [6.07, 6.45) is -3.10. The Balaban J connectivity index is 3.03. The van der Waals surface area contributed by atoms with Crippen LogP contribution in [0.3, 0.4) is 0 Å². The van der Waals surface area contributed by atoms with Crippen molar-refractivity contribution in [3.05, 3.63) is 32.2 Å². The summed E-state index contributed by atoms with van der Waals surface area (Å²) in [5.41, 5.74) is -2.62. The maximum atomic E-state index is 12.5. The molecule has 1 aromatic heterocycles. The highest BCUT2D eigenvalue weighted by molar-refractivity contribution is 9.10. The summed E-state index contributed by atoms with van der Waals surface area (Å²) in [4.78, 5) is 24.8. The molecule has 0 saturated heterocycles. The number of amides is 1. The molecule has 0 spiro atoms. The van der Waals surface area contributed by atoms with Crippen LogP contribution in [-0.2, 0) is 6.18 Å². The zero-order valence-corrected chi connectivity index (χ0v) is 11.6. The molecule has 1 rings (SSSR count). The molecule has 19 heavy (non-hydrogen) atoms. The van der Waals surface area contributed by atoms with Crippen molar-refractivity contribution in [1.82, 2.24) is 10.3 Å². The Bertz CT molecular complexity index is 526. The monoisotopic (exact) mass is 340 g/mol. The molecule has 0 radical (unpaired) electrons. The lowest BCUT2D eigenvalue weighted by atomic mass is 10.2. The second-order valence-electron chi connectivity index (χ2n) is 3.84. The highest BCUT2D eigenvalue weighted by Gasteiger charge is 2.35. The molecule has 0 fully saturated rings. The van der Waals surface area contributed by atoms with Crippen molar-refractivity contribution in [3.63, 3.8) is 0 Å². The Hall–Kier alpha value is -1.31. The summed E-state index contributed by atoms with van der Waals surface area (Å²) in [5, 5.41) is 2.47. The summed E-state index contributed by atoms with van der Waals surface area (Å²) in [6.45, 7) is 2.29. The molecular weight excluding hydrogens is 329 g/mol. The standard InChI is InChI=1S/C11H12BrF3N2O2/c1-2-3-4-16-9(18)6-5-7(12)8(11(13,14)15)17-10(6)19/h5H,2-4H2,1H3,(H,16,18)(H,17,19). The lowest BCUT2D eigenvalue weighted by molar-refractivity contribution is -0.142. The van der Waals surface area contributed by atoms with Gasteiger partial charge in [0.1, 0.15) is 11.3 Å². The highest BCUT2D eigenvalue weighted by atomic mass is 79.9. The Morgan fingerprint density at radius 1 is 1.47 bits per heavy atom. The number of halogens is 4. The number of carbonyl (C=O) groups excluding carboxylic acids is 1. The number of nitrogens with one attached hydrogen (secondary N) is 2. The van der Waals surface area contributed by atoms with Gasteiger partial charge in [-0.1, -0.05) is 13.3 Å². The Labute approximate surface area is 115 Å². The Morgan fingerprint density at radius 2 is 2.11 bits per heavy atom. The van der Waals surface area contributed by atoms with Gasteiger partial charge in [-0.3, -0.25) is 9.59 Å². The van der Waals surface area contributed by atoms with Crippen molar-refractivity contribution >= 4 is 21.8 Å². The van der Waals surface area contributed by atoms with Crippen LogP contribution in [0.1, 0.15) is 35.8 Å². The normalized spacial score (nSPS) is 11.4. The van der Waals surface area contributed by atoms with Crippen LogP contribution >= 0.6 is 15.9 Å². The first-order valence-electron chi connectivity index (χ1n) is 5.55. The number of alkyl halides is 3. The summed E-state index contributed by atoms with van der Waals surface area (Å²) in [5.74, 6) is -0.691. The van der Waals surface area contributed by atoms with Crippen LogP contribution in [0.5, 0.6) is 0 Å². The maximum absolute atomic E-state index is 12.5. The van der Waals surface area contributed by atoms with Crippen LogP contribution in [0.15, 0.2) is 15.3 Å². The first kappa shape index (κ1) is 15.7. The number of H-pyrrole nitrogens is 1. The molecule has 0 saturated carbocycles. The van der Waals surface area contributed by atoms with Gasteiger partial charge in [-0.15, -0.1) is 0 Å². The molecule has 1 heterocycles. The average Bonchev–Trinajstić information content (AvgIpc) is 2.30. The molecule has 0 aliphatic rings. The van der Waals surface area contributed by atoms with E-state index in [1.54, 1.807) is 4.98 Å². The smallest absolute Gasteiger partial charge is 0.352 e. The van der Waals surface area contributed by atoms with Gasteiger partial charge >= 0.3 is 6.18 Å². The summed E-state index contributed by atoms with van der Waals surface area (Å²) < 4.78 is 37.2. The lowest BCUT2D eigenvalue weighted by Gasteiger charge is -2.10. The summed E-state index contributed by atoms with van der Waals surface area (Å²) >= 11 is 2.70. The second kappa shape index (κ2) is 6.23. The van der Waals surface area contributed by atoms with Crippen LogP contribution in [-0.4, -0.2) is 17.4 Å². The molecular formula is C11H12BrF3N2O2. The van der Waals surface area contributed by atoms with E-state index in [4.69, 9.17) is 0 Å². The minimum atomic E-state index is -4.69. The number of aromatic nitrogens is 1. The predicted molar refractivity (Wildman–Crippen MR) is 67.0 cm³/mol. The fourth-order valence-electron chi connectivity index (χ4n) is 1.35. The molecule has 0 aliphatic carbocycles. The van der Waals surface area contributed by atoms with Crippen LogP contribution in [0.25, 0.3) is 0 Å². The van der Waals surface area contributed by atoms with Gasteiger partial charge in [0, 0.05) is 11.0 Å². The molecule has 0 aromatic carbocycles. The van der Waals surface area contributed by atoms with Crippen molar-refractivity contribution in [2.75, 3.05) is 6.54 Å². The molecule has 8 heteroatoms. The number of rotatable bonds is 4. The zero-order valence-electron chi connectivity index (χ0n) is 10.0. The zero-order chi connectivity index (χ0) is 14.6. The number of hydrogen-bond donors (Lipinski definition) is 2. The van der Waals surface area contributed by atoms with E-state index >= 15 is 0 Å². The van der Waals surface area contributed by atoms with Gasteiger partial charge in [-0.25, -0.2) is 0 Å².